The molecule has 1 N–H and O–H groups in total. The Morgan fingerprint density at radius 1 is 1.41 bits per heavy atom. The third-order valence-electron chi connectivity index (χ3n) is 3.28. The van der Waals surface area contributed by atoms with Crippen LogP contribution in [0.5, 0.6) is 0 Å². The molecule has 0 aromatic rings. The van der Waals surface area contributed by atoms with Gasteiger partial charge < -0.3 is 9.84 Å². The van der Waals surface area contributed by atoms with Gasteiger partial charge >= 0.3 is 0 Å². The second-order valence-corrected chi connectivity index (χ2v) is 4.73. The minimum atomic E-state index is -0.729. The first kappa shape index (κ1) is 14.7. The second kappa shape index (κ2) is 8.67. The molecule has 0 amide bonds. The Labute approximate surface area is 105 Å². The molecule has 0 saturated carbocycles. The van der Waals surface area contributed by atoms with E-state index in [2.05, 4.69) is 19.1 Å². The monoisotopic (exact) mass is 241 g/mol. The Morgan fingerprint density at radius 3 is 2.82 bits per heavy atom. The molecule has 1 aliphatic carbocycles. The molecule has 0 saturated heterocycles. The standard InChI is InChI=1S/C14H27NO2/c1-3-11-15(14(16)17-4-2)12-10-13-8-6-5-7-9-13/h6,8,13-14,16H,3-5,7,9-12H2,1-2H3. The number of aliphatic hydroxyl groups is 1. The fourth-order valence-corrected chi connectivity index (χ4v) is 2.33. The summed E-state index contributed by atoms with van der Waals surface area (Å²) in [5.41, 5.74) is 0. The Morgan fingerprint density at radius 2 is 2.24 bits per heavy atom. The van der Waals surface area contributed by atoms with Crippen LogP contribution in [-0.4, -0.2) is 36.1 Å². The van der Waals surface area contributed by atoms with E-state index in [1.807, 2.05) is 11.8 Å². The number of rotatable bonds is 8. The third-order valence-corrected chi connectivity index (χ3v) is 3.28. The van der Waals surface area contributed by atoms with E-state index < -0.39 is 6.41 Å². The van der Waals surface area contributed by atoms with Crippen molar-refractivity contribution in [3.63, 3.8) is 0 Å². The average Bonchev–Trinajstić information content (AvgIpc) is 2.36. The highest BCUT2D eigenvalue weighted by molar-refractivity contribution is 4.93. The maximum atomic E-state index is 9.86. The van der Waals surface area contributed by atoms with Gasteiger partial charge in [-0.15, -0.1) is 0 Å². The molecule has 0 aromatic carbocycles. The zero-order chi connectivity index (χ0) is 12.5. The van der Waals surface area contributed by atoms with Crippen LogP contribution in [0, 0.1) is 5.92 Å². The lowest BCUT2D eigenvalue weighted by molar-refractivity contribution is -0.191. The molecule has 100 valence electrons. The molecule has 3 heteroatoms. The maximum absolute atomic E-state index is 9.86. The van der Waals surface area contributed by atoms with Crippen LogP contribution in [0.3, 0.4) is 0 Å². The van der Waals surface area contributed by atoms with Crippen molar-refractivity contribution in [1.82, 2.24) is 4.90 Å². The summed E-state index contributed by atoms with van der Waals surface area (Å²) in [6, 6.07) is 0. The number of hydrogen-bond acceptors (Lipinski definition) is 3. The quantitative estimate of drug-likeness (QED) is 0.524. The van der Waals surface area contributed by atoms with Crippen molar-refractivity contribution in [3.8, 4) is 0 Å². The van der Waals surface area contributed by atoms with Gasteiger partial charge in [0.15, 0.2) is 0 Å². The van der Waals surface area contributed by atoms with Crippen molar-refractivity contribution >= 4 is 0 Å². The van der Waals surface area contributed by atoms with Crippen LogP contribution < -0.4 is 0 Å². The van der Waals surface area contributed by atoms with Gasteiger partial charge in [0.25, 0.3) is 0 Å². The molecule has 0 radical (unpaired) electrons. The number of hydrogen-bond donors (Lipinski definition) is 1. The summed E-state index contributed by atoms with van der Waals surface area (Å²) < 4.78 is 5.26. The Hall–Kier alpha value is -0.380. The molecule has 0 heterocycles. The van der Waals surface area contributed by atoms with Gasteiger partial charge in [0.1, 0.15) is 0 Å². The van der Waals surface area contributed by atoms with E-state index in [0.717, 1.165) is 25.9 Å². The van der Waals surface area contributed by atoms with E-state index in [9.17, 15) is 5.11 Å². The fourth-order valence-electron chi connectivity index (χ4n) is 2.33. The van der Waals surface area contributed by atoms with Gasteiger partial charge in [0, 0.05) is 19.7 Å². The normalized spacial score (nSPS) is 22.0. The molecule has 2 atom stereocenters. The molecule has 0 fully saturated rings. The molecule has 1 aliphatic rings. The van der Waals surface area contributed by atoms with Crippen LogP contribution in [0.4, 0.5) is 0 Å². The second-order valence-electron chi connectivity index (χ2n) is 4.73. The third kappa shape index (κ3) is 5.66. The number of nitrogens with zero attached hydrogens (tertiary/aromatic N) is 1. The van der Waals surface area contributed by atoms with E-state index >= 15 is 0 Å². The van der Waals surface area contributed by atoms with Crippen LogP contribution in [-0.2, 0) is 4.74 Å². The lowest BCUT2D eigenvalue weighted by Crippen LogP contribution is -2.39. The lowest BCUT2D eigenvalue weighted by Gasteiger charge is -2.28. The number of ether oxygens (including phenoxy) is 1. The topological polar surface area (TPSA) is 32.7 Å². The highest BCUT2D eigenvalue weighted by Gasteiger charge is 2.16. The highest BCUT2D eigenvalue weighted by Crippen LogP contribution is 2.20. The van der Waals surface area contributed by atoms with Crippen LogP contribution >= 0.6 is 0 Å². The minimum Gasteiger partial charge on any atom is -0.356 e. The molecule has 17 heavy (non-hydrogen) atoms. The summed E-state index contributed by atoms with van der Waals surface area (Å²) in [6.45, 7) is 6.43. The fraction of sp³-hybridized carbons (Fsp3) is 0.857. The van der Waals surface area contributed by atoms with E-state index in [1.165, 1.54) is 19.3 Å². The van der Waals surface area contributed by atoms with Gasteiger partial charge in [0.2, 0.25) is 6.41 Å². The summed E-state index contributed by atoms with van der Waals surface area (Å²) in [5, 5.41) is 9.86. The molecule has 0 spiro atoms. The van der Waals surface area contributed by atoms with Gasteiger partial charge in [-0.25, -0.2) is 0 Å². The SMILES string of the molecule is CCCN(CCC1C=CCCC1)C(O)OCC. The Kier molecular flexibility index (Phi) is 7.49. The molecule has 3 nitrogen and oxygen atoms in total. The van der Waals surface area contributed by atoms with Crippen molar-refractivity contribution in [3.05, 3.63) is 12.2 Å². The molecular weight excluding hydrogens is 214 g/mol. The summed E-state index contributed by atoms with van der Waals surface area (Å²) >= 11 is 0. The lowest BCUT2D eigenvalue weighted by atomic mass is 9.93. The zero-order valence-electron chi connectivity index (χ0n) is 11.3. The molecule has 0 aromatic heterocycles. The predicted octanol–water partition coefficient (Wildman–Crippen LogP) is 2.76. The van der Waals surface area contributed by atoms with Crippen LogP contribution in [0.25, 0.3) is 0 Å². The van der Waals surface area contributed by atoms with Crippen molar-refractivity contribution < 1.29 is 9.84 Å². The minimum absolute atomic E-state index is 0.560. The average molecular weight is 241 g/mol. The predicted molar refractivity (Wildman–Crippen MR) is 70.6 cm³/mol. The molecule has 2 unspecified atom stereocenters. The number of allylic oxidation sites excluding steroid dienone is 2. The summed E-state index contributed by atoms with van der Waals surface area (Å²) in [7, 11) is 0. The van der Waals surface area contributed by atoms with Gasteiger partial charge in [-0.05, 0) is 44.9 Å². The van der Waals surface area contributed by atoms with Crippen LogP contribution in [0.1, 0.15) is 46.0 Å². The smallest absolute Gasteiger partial charge is 0.216 e. The largest absolute Gasteiger partial charge is 0.356 e. The highest BCUT2D eigenvalue weighted by atomic mass is 16.6. The maximum Gasteiger partial charge on any atom is 0.216 e. The van der Waals surface area contributed by atoms with Crippen LogP contribution in [0.2, 0.25) is 0 Å². The van der Waals surface area contributed by atoms with Gasteiger partial charge in [-0.2, -0.15) is 0 Å². The van der Waals surface area contributed by atoms with Crippen LogP contribution in [0.15, 0.2) is 12.2 Å². The van der Waals surface area contributed by atoms with Crippen molar-refractivity contribution in [2.24, 2.45) is 5.92 Å². The molecule has 0 aliphatic heterocycles. The van der Waals surface area contributed by atoms with Gasteiger partial charge in [-0.3, -0.25) is 4.90 Å². The molecule has 0 bridgehead atoms. The van der Waals surface area contributed by atoms with Gasteiger partial charge in [0.05, 0.1) is 0 Å². The van der Waals surface area contributed by atoms with Crippen molar-refractivity contribution in [2.75, 3.05) is 19.7 Å². The Balaban J connectivity index is 2.32. The first-order valence-electron chi connectivity index (χ1n) is 6.98. The Bertz CT molecular complexity index is 218. The van der Waals surface area contributed by atoms with E-state index in [-0.39, 0.29) is 0 Å². The van der Waals surface area contributed by atoms with Crippen molar-refractivity contribution in [1.29, 1.82) is 0 Å². The molecular formula is C14H27NO2. The van der Waals surface area contributed by atoms with E-state index in [4.69, 9.17) is 4.74 Å². The summed E-state index contributed by atoms with van der Waals surface area (Å²) in [5.74, 6) is 0.692. The van der Waals surface area contributed by atoms with Crippen molar-refractivity contribution in [2.45, 2.75) is 52.4 Å². The van der Waals surface area contributed by atoms with E-state index in [0.29, 0.717) is 12.5 Å². The van der Waals surface area contributed by atoms with E-state index in [1.54, 1.807) is 0 Å². The first-order chi connectivity index (χ1) is 8.27. The zero-order valence-corrected chi connectivity index (χ0v) is 11.3. The van der Waals surface area contributed by atoms with Gasteiger partial charge in [-0.1, -0.05) is 19.1 Å². The first-order valence-corrected chi connectivity index (χ1v) is 6.98. The summed E-state index contributed by atoms with van der Waals surface area (Å²) in [4.78, 5) is 2.03. The molecule has 1 rings (SSSR count). The summed E-state index contributed by atoms with van der Waals surface area (Å²) in [6.07, 6.45) is 9.90. The number of aliphatic hydroxyl groups excluding tert-OH is 1.